The highest BCUT2D eigenvalue weighted by Gasteiger charge is 2.30. The molecule has 0 saturated carbocycles. The van der Waals surface area contributed by atoms with Crippen LogP contribution in [0.4, 0.5) is 5.69 Å². The Balaban J connectivity index is 1.50. The summed E-state index contributed by atoms with van der Waals surface area (Å²) < 4.78 is 26.4. The van der Waals surface area contributed by atoms with Crippen LogP contribution in [-0.4, -0.2) is 49.2 Å². The number of aromatic amines is 1. The van der Waals surface area contributed by atoms with Crippen molar-refractivity contribution in [3.05, 3.63) is 81.1 Å². The van der Waals surface area contributed by atoms with Gasteiger partial charge in [-0.05, 0) is 61.7 Å². The lowest BCUT2D eigenvalue weighted by Crippen LogP contribution is -2.32. The van der Waals surface area contributed by atoms with Crippen molar-refractivity contribution in [2.45, 2.75) is 37.0 Å². The molecule has 8 nitrogen and oxygen atoms in total. The fourth-order valence-corrected chi connectivity index (χ4v) is 6.60. The third kappa shape index (κ3) is 4.70. The van der Waals surface area contributed by atoms with E-state index < -0.39 is 9.84 Å². The number of halogens is 1. The highest BCUT2D eigenvalue weighted by molar-refractivity contribution is 7.90. The lowest BCUT2D eigenvalue weighted by molar-refractivity contribution is -0.110. The first-order valence-electron chi connectivity index (χ1n) is 11.9. The number of fused-ring (bicyclic) bond motifs is 1. The molecule has 2 amide bonds. The smallest absolute Gasteiger partial charge is 0.256 e. The number of rotatable bonds is 5. The van der Waals surface area contributed by atoms with Crippen LogP contribution in [-0.2, 0) is 20.4 Å². The number of carbonyl (C=O) groups excluding carboxylic acids is 2. The molecular formula is C27H27ClN4O4S. The van der Waals surface area contributed by atoms with Crippen molar-refractivity contribution in [2.75, 3.05) is 18.4 Å². The van der Waals surface area contributed by atoms with E-state index in [9.17, 15) is 18.0 Å². The number of carbonyl (C=O) groups is 2. The molecule has 1 aromatic heterocycles. The molecule has 1 atom stereocenters. The summed E-state index contributed by atoms with van der Waals surface area (Å²) >= 11 is 6.18. The maximum atomic E-state index is 13.2. The molecule has 0 aliphatic carbocycles. The molecule has 0 radical (unpaired) electrons. The largest absolute Gasteiger partial charge is 0.358 e. The Hall–Kier alpha value is -3.40. The lowest BCUT2D eigenvalue weighted by atomic mass is 10.0. The summed E-state index contributed by atoms with van der Waals surface area (Å²) in [7, 11) is -3.73. The fourth-order valence-electron chi connectivity index (χ4n) is 4.92. The highest BCUT2D eigenvalue weighted by Crippen LogP contribution is 2.36. The molecule has 0 unspecified atom stereocenters. The van der Waals surface area contributed by atoms with E-state index in [1.807, 2.05) is 13.8 Å². The minimum atomic E-state index is -3.73. The van der Waals surface area contributed by atoms with E-state index in [1.165, 1.54) is 12.1 Å². The molecule has 3 aromatic rings. The summed E-state index contributed by atoms with van der Waals surface area (Å²) in [5.41, 5.74) is 10.4. The molecule has 10 heteroatoms. The van der Waals surface area contributed by atoms with E-state index in [4.69, 9.17) is 17.3 Å². The molecule has 2 aliphatic rings. The minimum Gasteiger partial charge on any atom is -0.358 e. The second-order valence-electron chi connectivity index (χ2n) is 9.53. The highest BCUT2D eigenvalue weighted by atomic mass is 35.5. The number of aryl methyl sites for hydroxylation is 1. The first-order chi connectivity index (χ1) is 17.5. The molecule has 2 aliphatic heterocycles. The van der Waals surface area contributed by atoms with Crippen LogP contribution < -0.4 is 11.1 Å². The number of nitrogens with two attached hydrogens (primary N) is 1. The van der Waals surface area contributed by atoms with Crippen LogP contribution in [0.1, 0.15) is 44.9 Å². The molecule has 3 heterocycles. The van der Waals surface area contributed by atoms with E-state index in [1.54, 1.807) is 41.3 Å². The molecule has 192 valence electrons. The lowest BCUT2D eigenvalue weighted by Gasteiger charge is -2.16. The number of amides is 2. The second-order valence-corrected chi connectivity index (χ2v) is 11.9. The van der Waals surface area contributed by atoms with Crippen molar-refractivity contribution < 1.29 is 18.0 Å². The topological polar surface area (TPSA) is 125 Å². The van der Waals surface area contributed by atoms with Crippen molar-refractivity contribution in [1.82, 2.24) is 9.88 Å². The van der Waals surface area contributed by atoms with E-state index in [0.29, 0.717) is 57.5 Å². The van der Waals surface area contributed by atoms with E-state index >= 15 is 0 Å². The van der Waals surface area contributed by atoms with Crippen LogP contribution in [0.15, 0.2) is 47.4 Å². The number of H-pyrrole nitrogens is 1. The summed E-state index contributed by atoms with van der Waals surface area (Å²) in [6, 6.07) is 11.4. The quantitative estimate of drug-likeness (QED) is 0.424. The number of benzene rings is 2. The number of nitrogens with one attached hydrogen (secondary N) is 2. The third-order valence-corrected chi connectivity index (χ3v) is 8.96. The Bertz CT molecular complexity index is 1570. The van der Waals surface area contributed by atoms with Gasteiger partial charge in [-0.1, -0.05) is 29.8 Å². The molecule has 0 bridgehead atoms. The van der Waals surface area contributed by atoms with Gasteiger partial charge >= 0.3 is 0 Å². The normalized spacial score (nSPS) is 18.4. The van der Waals surface area contributed by atoms with Crippen molar-refractivity contribution in [1.29, 1.82) is 0 Å². The van der Waals surface area contributed by atoms with Gasteiger partial charge in [0.15, 0.2) is 9.84 Å². The molecular weight excluding hydrogens is 512 g/mol. The van der Waals surface area contributed by atoms with E-state index in [-0.39, 0.29) is 28.5 Å². The van der Waals surface area contributed by atoms with Crippen LogP contribution in [0.25, 0.3) is 11.6 Å². The van der Waals surface area contributed by atoms with Gasteiger partial charge in [0.25, 0.3) is 11.8 Å². The predicted octanol–water partition coefficient (Wildman–Crippen LogP) is 3.92. The van der Waals surface area contributed by atoms with Gasteiger partial charge in [-0.3, -0.25) is 9.59 Å². The number of anilines is 1. The molecule has 37 heavy (non-hydrogen) atoms. The second kappa shape index (κ2) is 9.48. The number of sulfone groups is 1. The average Bonchev–Trinajstić information content (AvgIpc) is 3.50. The van der Waals surface area contributed by atoms with Crippen LogP contribution >= 0.6 is 11.6 Å². The Kier molecular flexibility index (Phi) is 6.47. The first kappa shape index (κ1) is 25.3. The number of aromatic nitrogens is 1. The maximum Gasteiger partial charge on any atom is 0.256 e. The van der Waals surface area contributed by atoms with E-state index in [0.717, 1.165) is 12.0 Å². The van der Waals surface area contributed by atoms with Crippen molar-refractivity contribution in [3.8, 4) is 0 Å². The molecule has 0 spiro atoms. The zero-order valence-corrected chi connectivity index (χ0v) is 22.0. The van der Waals surface area contributed by atoms with Crippen LogP contribution in [0.5, 0.6) is 0 Å². The summed E-state index contributed by atoms with van der Waals surface area (Å²) in [4.78, 5) is 31.1. The third-order valence-electron chi connectivity index (χ3n) is 6.93. The fraction of sp³-hybridized carbons (Fsp3) is 0.259. The Morgan fingerprint density at radius 3 is 2.68 bits per heavy atom. The van der Waals surface area contributed by atoms with Gasteiger partial charge in [0.1, 0.15) is 0 Å². The Morgan fingerprint density at radius 2 is 1.97 bits per heavy atom. The summed E-state index contributed by atoms with van der Waals surface area (Å²) in [5.74, 6) is -0.694. The van der Waals surface area contributed by atoms with Gasteiger partial charge in [-0.2, -0.15) is 0 Å². The molecule has 1 fully saturated rings. The van der Waals surface area contributed by atoms with Crippen LogP contribution in [0.3, 0.4) is 0 Å². The molecule has 5 rings (SSSR count). The van der Waals surface area contributed by atoms with Gasteiger partial charge in [0.05, 0.1) is 21.8 Å². The number of nitrogens with zero attached hydrogens (tertiary/aromatic N) is 1. The van der Waals surface area contributed by atoms with Crippen molar-refractivity contribution in [2.24, 2.45) is 5.73 Å². The average molecular weight is 539 g/mol. The molecule has 2 aromatic carbocycles. The zero-order valence-electron chi connectivity index (χ0n) is 20.5. The predicted molar refractivity (Wildman–Crippen MR) is 144 cm³/mol. The molecule has 1 saturated heterocycles. The monoisotopic (exact) mass is 538 g/mol. The SMILES string of the molecule is Cc1[nH]c(C=C2C(=O)Nc3ccc(S(=O)(=O)Cc4ccccc4Cl)cc32)c(C)c1C(=O)N1CC[C@H](N)C1. The van der Waals surface area contributed by atoms with Gasteiger partial charge in [0, 0.05) is 46.8 Å². The maximum absolute atomic E-state index is 13.2. The minimum absolute atomic E-state index is 0.0211. The first-order valence-corrected chi connectivity index (χ1v) is 14.0. The number of likely N-dealkylation sites (tertiary alicyclic amines) is 1. The Morgan fingerprint density at radius 1 is 1.22 bits per heavy atom. The Labute approximate surface area is 220 Å². The number of hydrogen-bond donors (Lipinski definition) is 3. The summed E-state index contributed by atoms with van der Waals surface area (Å²) in [5, 5.41) is 3.17. The number of hydrogen-bond acceptors (Lipinski definition) is 5. The van der Waals surface area contributed by atoms with Crippen molar-refractivity contribution in [3.63, 3.8) is 0 Å². The van der Waals surface area contributed by atoms with Gasteiger partial charge < -0.3 is 20.9 Å². The standard InChI is InChI=1S/C27H27ClN4O4S/c1-15-24(30-16(2)25(15)27(34)32-10-9-18(29)13-32)12-21-20-11-19(7-8-23(20)31-26(21)33)37(35,36)14-17-5-3-4-6-22(17)28/h3-8,11-12,18,30H,9-10,13-14,29H2,1-2H3,(H,31,33)/t18-/m0/s1. The summed E-state index contributed by atoms with van der Waals surface area (Å²) in [6.07, 6.45) is 2.43. The van der Waals surface area contributed by atoms with Crippen LogP contribution in [0, 0.1) is 13.8 Å². The summed E-state index contributed by atoms with van der Waals surface area (Å²) in [6.45, 7) is 4.78. The van der Waals surface area contributed by atoms with Crippen LogP contribution in [0.2, 0.25) is 5.02 Å². The molecule has 4 N–H and O–H groups in total. The van der Waals surface area contributed by atoms with Gasteiger partial charge in [-0.15, -0.1) is 0 Å². The van der Waals surface area contributed by atoms with Gasteiger partial charge in [0.2, 0.25) is 0 Å². The van der Waals surface area contributed by atoms with E-state index in [2.05, 4.69) is 10.3 Å². The van der Waals surface area contributed by atoms with Gasteiger partial charge in [-0.25, -0.2) is 8.42 Å². The zero-order chi connectivity index (χ0) is 26.5. The van der Waals surface area contributed by atoms with Crippen molar-refractivity contribution >= 4 is 50.6 Å².